The Morgan fingerprint density at radius 1 is 1.13 bits per heavy atom. The summed E-state index contributed by atoms with van der Waals surface area (Å²) in [7, 11) is -3.91. The van der Waals surface area contributed by atoms with Gasteiger partial charge in [-0.1, -0.05) is 18.2 Å². The van der Waals surface area contributed by atoms with Crippen LogP contribution in [0.3, 0.4) is 0 Å². The Labute approximate surface area is 183 Å². The largest absolute Gasteiger partial charge is 0.437 e. The molecule has 7 nitrogen and oxygen atoms in total. The average molecular weight is 462 g/mol. The Morgan fingerprint density at radius 2 is 1.77 bits per heavy atom. The van der Waals surface area contributed by atoms with Crippen LogP contribution in [0.1, 0.15) is 5.56 Å². The van der Waals surface area contributed by atoms with E-state index in [9.17, 15) is 17.6 Å². The van der Waals surface area contributed by atoms with Gasteiger partial charge in [-0.15, -0.1) is 0 Å². The van der Waals surface area contributed by atoms with Gasteiger partial charge in [-0.2, -0.15) is 0 Å². The lowest BCUT2D eigenvalue weighted by atomic mass is 10.3. The van der Waals surface area contributed by atoms with Crippen LogP contribution in [0.2, 0.25) is 5.02 Å². The number of nitrogens with zero attached hydrogens (tertiary/aromatic N) is 1. The molecule has 1 amide bonds. The van der Waals surface area contributed by atoms with Gasteiger partial charge in [0.1, 0.15) is 11.4 Å². The van der Waals surface area contributed by atoms with E-state index in [1.54, 1.807) is 13.0 Å². The molecule has 0 radical (unpaired) electrons. The molecule has 3 aromatic rings. The molecule has 0 saturated carbocycles. The molecule has 2 N–H and O–H groups in total. The zero-order chi connectivity index (χ0) is 22.6. The number of sulfonamides is 1. The molecule has 0 saturated heterocycles. The lowest BCUT2D eigenvalue weighted by molar-refractivity contribution is -0.114. The van der Waals surface area contributed by atoms with Crippen molar-refractivity contribution < 1.29 is 22.3 Å². The van der Waals surface area contributed by atoms with Crippen molar-refractivity contribution in [3.05, 3.63) is 83.8 Å². The van der Waals surface area contributed by atoms with Gasteiger partial charge in [0.05, 0.1) is 4.90 Å². The Hall–Kier alpha value is -3.43. The highest BCUT2D eigenvalue weighted by atomic mass is 35.5. The number of rotatable bonds is 7. The number of nitrogens with one attached hydrogen (secondary N) is 2. The molecule has 10 heteroatoms. The third-order valence-corrected chi connectivity index (χ3v) is 5.56. The topological polar surface area (TPSA) is 97.4 Å². The molecule has 2 aromatic carbocycles. The number of carbonyl (C=O) groups excluding carboxylic acids is 1. The predicted molar refractivity (Wildman–Crippen MR) is 117 cm³/mol. The number of pyridine rings is 1. The summed E-state index contributed by atoms with van der Waals surface area (Å²) in [6, 6.07) is 13.3. The number of ether oxygens (including phenoxy) is 1. The second-order valence-electron chi connectivity index (χ2n) is 6.41. The van der Waals surface area contributed by atoms with Crippen LogP contribution in [0.15, 0.2) is 78.1 Å². The fourth-order valence-corrected chi connectivity index (χ4v) is 3.62. The fourth-order valence-electron chi connectivity index (χ4n) is 2.45. The van der Waals surface area contributed by atoms with Gasteiger partial charge in [-0.05, 0) is 67.1 Å². The van der Waals surface area contributed by atoms with Crippen molar-refractivity contribution in [1.29, 1.82) is 0 Å². The van der Waals surface area contributed by atoms with E-state index >= 15 is 0 Å². The zero-order valence-electron chi connectivity index (χ0n) is 16.2. The Balaban J connectivity index is 1.82. The molecule has 0 unspecified atom stereocenters. The molecule has 0 spiro atoms. The van der Waals surface area contributed by atoms with E-state index in [0.29, 0.717) is 22.0 Å². The van der Waals surface area contributed by atoms with Crippen LogP contribution in [0, 0.1) is 6.92 Å². The minimum absolute atomic E-state index is 0.0251. The van der Waals surface area contributed by atoms with Crippen LogP contribution in [0.25, 0.3) is 0 Å². The van der Waals surface area contributed by atoms with Crippen LogP contribution in [0.5, 0.6) is 11.6 Å². The SMILES string of the molecule is C=C(F)C(=O)Nc1ccc(Oc2ncc(C)cc2NS(=O)(=O)c2ccc(Cl)cc2)cc1. The summed E-state index contributed by atoms with van der Waals surface area (Å²) in [5.74, 6) is -1.72. The highest BCUT2D eigenvalue weighted by Gasteiger charge is 2.18. The Kier molecular flexibility index (Phi) is 6.57. The molecular weight excluding hydrogens is 445 g/mol. The molecule has 0 fully saturated rings. The molecule has 0 atom stereocenters. The maximum atomic E-state index is 12.8. The highest BCUT2D eigenvalue weighted by molar-refractivity contribution is 7.92. The zero-order valence-corrected chi connectivity index (χ0v) is 17.8. The van der Waals surface area contributed by atoms with Crippen molar-refractivity contribution in [3.8, 4) is 11.6 Å². The maximum Gasteiger partial charge on any atom is 0.283 e. The average Bonchev–Trinajstić information content (AvgIpc) is 2.71. The number of carbonyl (C=O) groups is 1. The number of benzene rings is 2. The predicted octanol–water partition coefficient (Wildman–Crippen LogP) is 5.06. The van der Waals surface area contributed by atoms with E-state index in [-0.39, 0.29) is 16.5 Å². The number of amides is 1. The van der Waals surface area contributed by atoms with Gasteiger partial charge in [0.25, 0.3) is 15.9 Å². The van der Waals surface area contributed by atoms with E-state index < -0.39 is 21.8 Å². The van der Waals surface area contributed by atoms with E-state index in [0.717, 1.165) is 0 Å². The molecule has 31 heavy (non-hydrogen) atoms. The van der Waals surface area contributed by atoms with E-state index in [4.69, 9.17) is 16.3 Å². The van der Waals surface area contributed by atoms with Crippen LogP contribution in [-0.2, 0) is 14.8 Å². The van der Waals surface area contributed by atoms with Gasteiger partial charge in [0.15, 0.2) is 5.83 Å². The van der Waals surface area contributed by atoms with Crippen molar-refractivity contribution in [2.45, 2.75) is 11.8 Å². The molecule has 0 aliphatic carbocycles. The molecule has 1 heterocycles. The first kappa shape index (κ1) is 22.3. The first-order chi connectivity index (χ1) is 14.6. The second kappa shape index (κ2) is 9.15. The Morgan fingerprint density at radius 3 is 2.39 bits per heavy atom. The monoisotopic (exact) mass is 461 g/mol. The van der Waals surface area contributed by atoms with Crippen molar-refractivity contribution in [2.24, 2.45) is 0 Å². The third kappa shape index (κ3) is 5.80. The minimum Gasteiger partial charge on any atom is -0.437 e. The van der Waals surface area contributed by atoms with Crippen molar-refractivity contribution in [3.63, 3.8) is 0 Å². The molecule has 160 valence electrons. The van der Waals surface area contributed by atoms with Gasteiger partial charge in [-0.25, -0.2) is 17.8 Å². The van der Waals surface area contributed by atoms with Crippen molar-refractivity contribution >= 4 is 38.9 Å². The van der Waals surface area contributed by atoms with Crippen LogP contribution >= 0.6 is 11.6 Å². The molecule has 0 aliphatic heterocycles. The molecular formula is C21H17ClFN3O4S. The van der Waals surface area contributed by atoms with Crippen molar-refractivity contribution in [1.82, 2.24) is 4.98 Å². The van der Waals surface area contributed by atoms with Gasteiger partial charge in [-0.3, -0.25) is 9.52 Å². The minimum atomic E-state index is -3.91. The number of halogens is 2. The maximum absolute atomic E-state index is 12.8. The molecule has 3 rings (SSSR count). The normalized spacial score (nSPS) is 10.9. The van der Waals surface area contributed by atoms with Crippen LogP contribution < -0.4 is 14.8 Å². The second-order valence-corrected chi connectivity index (χ2v) is 8.53. The summed E-state index contributed by atoms with van der Waals surface area (Å²) < 4.78 is 46.4. The summed E-state index contributed by atoms with van der Waals surface area (Å²) >= 11 is 5.82. The summed E-state index contributed by atoms with van der Waals surface area (Å²) in [4.78, 5) is 15.5. The lowest BCUT2D eigenvalue weighted by Gasteiger charge is -2.14. The first-order valence-corrected chi connectivity index (χ1v) is 10.7. The van der Waals surface area contributed by atoms with Crippen LogP contribution in [0.4, 0.5) is 15.8 Å². The quantitative estimate of drug-likeness (QED) is 0.479. The lowest BCUT2D eigenvalue weighted by Crippen LogP contribution is -2.14. The standard InChI is InChI=1S/C21H17ClFN3O4S/c1-13-11-19(26-31(28,29)18-9-3-15(22)4-10-18)21(24-12-13)30-17-7-5-16(6-8-17)25-20(27)14(2)23/h3-12,26H,2H2,1H3,(H,25,27). The van der Waals surface area contributed by atoms with E-state index in [1.807, 2.05) is 0 Å². The smallest absolute Gasteiger partial charge is 0.283 e. The molecule has 0 bridgehead atoms. The Bertz CT molecular complexity index is 1230. The summed E-state index contributed by atoms with van der Waals surface area (Å²) in [6.07, 6.45) is 1.52. The van der Waals surface area contributed by atoms with Gasteiger partial charge >= 0.3 is 0 Å². The number of aryl methyl sites for hydroxylation is 1. The summed E-state index contributed by atoms with van der Waals surface area (Å²) in [5.41, 5.74) is 1.18. The summed E-state index contributed by atoms with van der Waals surface area (Å²) in [6.45, 7) is 4.68. The van der Waals surface area contributed by atoms with Gasteiger partial charge < -0.3 is 10.1 Å². The molecule has 0 aliphatic rings. The highest BCUT2D eigenvalue weighted by Crippen LogP contribution is 2.30. The fraction of sp³-hybridized carbons (Fsp3) is 0.0476. The third-order valence-electron chi connectivity index (χ3n) is 3.93. The summed E-state index contributed by atoms with van der Waals surface area (Å²) in [5, 5.41) is 2.73. The van der Waals surface area contributed by atoms with Gasteiger partial charge in [0, 0.05) is 16.9 Å². The number of hydrogen-bond donors (Lipinski definition) is 2. The number of anilines is 2. The van der Waals surface area contributed by atoms with Gasteiger partial charge in [0.2, 0.25) is 5.88 Å². The van der Waals surface area contributed by atoms with E-state index in [1.165, 1.54) is 54.7 Å². The molecule has 1 aromatic heterocycles. The number of hydrogen-bond acceptors (Lipinski definition) is 5. The van der Waals surface area contributed by atoms with E-state index in [2.05, 4.69) is 21.6 Å². The first-order valence-electron chi connectivity index (χ1n) is 8.83. The number of aromatic nitrogens is 1. The van der Waals surface area contributed by atoms with Crippen molar-refractivity contribution in [2.75, 3.05) is 10.0 Å². The van der Waals surface area contributed by atoms with Crippen LogP contribution in [-0.4, -0.2) is 19.3 Å².